The number of aromatic nitrogens is 1. The maximum atomic E-state index is 13.4. The van der Waals surface area contributed by atoms with Crippen LogP contribution in [0.1, 0.15) is 0 Å². The molecule has 17 heavy (non-hydrogen) atoms. The Labute approximate surface area is 95.7 Å². The van der Waals surface area contributed by atoms with Crippen molar-refractivity contribution in [2.24, 2.45) is 0 Å². The Balaban J connectivity index is 2.37. The molecular weight excluding hydrogens is 231 g/mol. The Hall–Kier alpha value is -2.04. The van der Waals surface area contributed by atoms with Crippen molar-refractivity contribution < 1.29 is 17.9 Å². The molecule has 1 heterocycles. The van der Waals surface area contributed by atoms with Crippen LogP contribution in [-0.4, -0.2) is 11.6 Å². The van der Waals surface area contributed by atoms with Crippen molar-refractivity contribution in [3.8, 4) is 17.0 Å². The molecule has 2 nitrogen and oxygen atoms in total. The van der Waals surface area contributed by atoms with Gasteiger partial charge in [-0.05, 0) is 18.2 Å². The van der Waals surface area contributed by atoms with E-state index in [1.165, 1.54) is 30.5 Å². The number of benzene rings is 1. The van der Waals surface area contributed by atoms with Crippen LogP contribution in [0.3, 0.4) is 0 Å². The minimum atomic E-state index is -2.91. The van der Waals surface area contributed by atoms with Gasteiger partial charge in [-0.2, -0.15) is 8.78 Å². The van der Waals surface area contributed by atoms with E-state index in [1.807, 2.05) is 0 Å². The van der Waals surface area contributed by atoms with Gasteiger partial charge in [0, 0.05) is 17.8 Å². The average Bonchev–Trinajstić information content (AvgIpc) is 2.29. The summed E-state index contributed by atoms with van der Waals surface area (Å²) in [5.41, 5.74) is 0.494. The summed E-state index contributed by atoms with van der Waals surface area (Å²) >= 11 is 0. The van der Waals surface area contributed by atoms with E-state index in [2.05, 4.69) is 9.72 Å². The monoisotopic (exact) mass is 239 g/mol. The fourth-order valence-corrected chi connectivity index (χ4v) is 1.40. The molecule has 0 bridgehead atoms. The first-order valence-corrected chi connectivity index (χ1v) is 4.82. The molecule has 2 aromatic rings. The zero-order valence-electron chi connectivity index (χ0n) is 8.61. The van der Waals surface area contributed by atoms with Crippen LogP contribution in [0, 0.1) is 5.82 Å². The van der Waals surface area contributed by atoms with Crippen LogP contribution in [0.2, 0.25) is 0 Å². The molecule has 88 valence electrons. The highest BCUT2D eigenvalue weighted by molar-refractivity contribution is 5.61. The molecular formula is C12H8F3NO. The zero-order valence-corrected chi connectivity index (χ0v) is 8.61. The van der Waals surface area contributed by atoms with E-state index >= 15 is 0 Å². The number of hydrogen-bond acceptors (Lipinski definition) is 2. The molecule has 1 aromatic heterocycles. The SMILES string of the molecule is Fc1ccccc1-c1cc(OC(F)F)ccn1. The Morgan fingerprint density at radius 3 is 2.59 bits per heavy atom. The van der Waals surface area contributed by atoms with Crippen molar-refractivity contribution in [1.82, 2.24) is 4.98 Å². The Morgan fingerprint density at radius 2 is 1.88 bits per heavy atom. The minimum Gasteiger partial charge on any atom is -0.435 e. The third-order valence-electron chi connectivity index (χ3n) is 2.11. The summed E-state index contributed by atoms with van der Waals surface area (Å²) < 4.78 is 41.7. The van der Waals surface area contributed by atoms with Gasteiger partial charge in [-0.1, -0.05) is 12.1 Å². The predicted molar refractivity (Wildman–Crippen MR) is 56.3 cm³/mol. The number of halogens is 3. The maximum absolute atomic E-state index is 13.4. The number of rotatable bonds is 3. The third-order valence-corrected chi connectivity index (χ3v) is 2.11. The Morgan fingerprint density at radius 1 is 1.12 bits per heavy atom. The summed E-state index contributed by atoms with van der Waals surface area (Å²) in [5.74, 6) is -0.512. The van der Waals surface area contributed by atoms with E-state index in [4.69, 9.17) is 0 Å². The first-order valence-electron chi connectivity index (χ1n) is 4.82. The number of ether oxygens (including phenoxy) is 1. The second-order valence-corrected chi connectivity index (χ2v) is 3.24. The van der Waals surface area contributed by atoms with Crippen molar-refractivity contribution in [2.45, 2.75) is 6.61 Å². The van der Waals surface area contributed by atoms with Crippen LogP contribution in [-0.2, 0) is 0 Å². The topological polar surface area (TPSA) is 22.1 Å². The summed E-state index contributed by atoms with van der Waals surface area (Å²) in [5, 5.41) is 0. The van der Waals surface area contributed by atoms with E-state index in [1.54, 1.807) is 12.1 Å². The van der Waals surface area contributed by atoms with Gasteiger partial charge in [-0.25, -0.2) is 4.39 Å². The Kier molecular flexibility index (Phi) is 3.27. The van der Waals surface area contributed by atoms with Gasteiger partial charge in [0.15, 0.2) is 0 Å². The molecule has 0 atom stereocenters. The molecule has 5 heteroatoms. The van der Waals surface area contributed by atoms with Crippen LogP contribution in [0.4, 0.5) is 13.2 Å². The summed E-state index contributed by atoms with van der Waals surface area (Å²) in [7, 11) is 0. The molecule has 0 aliphatic heterocycles. The number of nitrogens with zero attached hydrogens (tertiary/aromatic N) is 1. The van der Waals surface area contributed by atoms with Crippen molar-refractivity contribution in [2.75, 3.05) is 0 Å². The molecule has 0 saturated carbocycles. The van der Waals surface area contributed by atoms with Crippen LogP contribution in [0.5, 0.6) is 5.75 Å². The molecule has 0 aliphatic carbocycles. The zero-order chi connectivity index (χ0) is 12.3. The van der Waals surface area contributed by atoms with Crippen molar-refractivity contribution in [3.05, 3.63) is 48.4 Å². The fraction of sp³-hybridized carbons (Fsp3) is 0.0833. The van der Waals surface area contributed by atoms with Crippen molar-refractivity contribution in [3.63, 3.8) is 0 Å². The van der Waals surface area contributed by atoms with Crippen LogP contribution < -0.4 is 4.74 Å². The summed E-state index contributed by atoms with van der Waals surface area (Å²) in [6.45, 7) is -2.91. The molecule has 0 saturated heterocycles. The third kappa shape index (κ3) is 2.75. The van der Waals surface area contributed by atoms with E-state index in [9.17, 15) is 13.2 Å². The first kappa shape index (κ1) is 11.4. The predicted octanol–water partition coefficient (Wildman–Crippen LogP) is 3.49. The maximum Gasteiger partial charge on any atom is 0.387 e. The lowest BCUT2D eigenvalue weighted by Crippen LogP contribution is -2.02. The fourth-order valence-electron chi connectivity index (χ4n) is 1.40. The molecule has 0 aliphatic rings. The lowest BCUT2D eigenvalue weighted by atomic mass is 10.1. The van der Waals surface area contributed by atoms with E-state index < -0.39 is 12.4 Å². The van der Waals surface area contributed by atoms with Gasteiger partial charge in [0.2, 0.25) is 0 Å². The van der Waals surface area contributed by atoms with Gasteiger partial charge in [0.1, 0.15) is 11.6 Å². The van der Waals surface area contributed by atoms with Crippen LogP contribution >= 0.6 is 0 Å². The average molecular weight is 239 g/mol. The van der Waals surface area contributed by atoms with Gasteiger partial charge >= 0.3 is 6.61 Å². The molecule has 0 N–H and O–H groups in total. The number of hydrogen-bond donors (Lipinski definition) is 0. The highest BCUT2D eigenvalue weighted by Gasteiger charge is 2.09. The van der Waals surface area contributed by atoms with Crippen molar-refractivity contribution in [1.29, 1.82) is 0 Å². The summed E-state index contributed by atoms with van der Waals surface area (Å²) in [4.78, 5) is 3.91. The van der Waals surface area contributed by atoms with Crippen LogP contribution in [0.25, 0.3) is 11.3 Å². The first-order chi connectivity index (χ1) is 8.16. The van der Waals surface area contributed by atoms with Crippen LogP contribution in [0.15, 0.2) is 42.6 Å². The van der Waals surface area contributed by atoms with Gasteiger partial charge in [0.05, 0.1) is 5.69 Å². The van der Waals surface area contributed by atoms with E-state index in [0.717, 1.165) is 0 Å². The lowest BCUT2D eigenvalue weighted by molar-refractivity contribution is -0.0498. The highest BCUT2D eigenvalue weighted by Crippen LogP contribution is 2.24. The van der Waals surface area contributed by atoms with Gasteiger partial charge < -0.3 is 4.74 Å². The molecule has 2 rings (SSSR count). The summed E-state index contributed by atoms with van der Waals surface area (Å²) in [6.07, 6.45) is 1.29. The molecule has 0 amide bonds. The largest absolute Gasteiger partial charge is 0.435 e. The normalized spacial score (nSPS) is 10.6. The van der Waals surface area contributed by atoms with Gasteiger partial charge in [-0.3, -0.25) is 4.98 Å². The van der Waals surface area contributed by atoms with Crippen molar-refractivity contribution >= 4 is 0 Å². The second-order valence-electron chi connectivity index (χ2n) is 3.24. The smallest absolute Gasteiger partial charge is 0.387 e. The highest BCUT2D eigenvalue weighted by atomic mass is 19.3. The quantitative estimate of drug-likeness (QED) is 0.817. The second kappa shape index (κ2) is 4.86. The number of alkyl halides is 2. The van der Waals surface area contributed by atoms with Gasteiger partial charge in [-0.15, -0.1) is 0 Å². The number of pyridine rings is 1. The molecule has 0 fully saturated rings. The van der Waals surface area contributed by atoms with E-state index in [-0.39, 0.29) is 17.0 Å². The molecule has 0 unspecified atom stereocenters. The summed E-state index contributed by atoms with van der Waals surface area (Å²) in [6, 6.07) is 8.53. The van der Waals surface area contributed by atoms with E-state index in [0.29, 0.717) is 0 Å². The molecule has 0 radical (unpaired) electrons. The lowest BCUT2D eigenvalue weighted by Gasteiger charge is -2.06. The molecule has 0 spiro atoms. The van der Waals surface area contributed by atoms with Gasteiger partial charge in [0.25, 0.3) is 0 Å². The minimum absolute atomic E-state index is 0.0479. The Bertz CT molecular complexity index is 517. The standard InChI is InChI=1S/C12H8F3NO/c13-10-4-2-1-3-9(10)11-7-8(5-6-16-11)17-12(14)15/h1-7,12H. The molecule has 1 aromatic carbocycles.